The van der Waals surface area contributed by atoms with E-state index >= 15 is 0 Å². The minimum Gasteiger partial charge on any atom is -0.449 e. The maximum atomic E-state index is 13.2. The number of rotatable bonds is 5. The average molecular weight is 469 g/mol. The lowest BCUT2D eigenvalue weighted by Gasteiger charge is -2.35. The van der Waals surface area contributed by atoms with E-state index in [1.165, 1.54) is 12.8 Å². The standard InChI is InChI=1S/C23H28N6O3S/c1-17-15-22(26-23(24-17)28-9-3-4-10-28)27-11-13-29(14-12-27)33(30,31)20-7-5-19(6-8-20)21-16-32-18(2)25-21/h5-8,15-16H,3-4,9-14H2,1-2H3. The fourth-order valence-electron chi connectivity index (χ4n) is 4.36. The molecule has 1 aromatic carbocycles. The molecule has 10 heteroatoms. The molecule has 9 nitrogen and oxygen atoms in total. The van der Waals surface area contributed by atoms with Crippen LogP contribution in [-0.2, 0) is 10.0 Å². The van der Waals surface area contributed by atoms with Crippen LogP contribution in [0.5, 0.6) is 0 Å². The predicted octanol–water partition coefficient (Wildman–Crippen LogP) is 2.86. The number of aryl methyl sites for hydroxylation is 2. The first-order chi connectivity index (χ1) is 15.9. The van der Waals surface area contributed by atoms with Crippen molar-refractivity contribution in [1.82, 2.24) is 19.3 Å². The summed E-state index contributed by atoms with van der Waals surface area (Å²) >= 11 is 0. The highest BCUT2D eigenvalue weighted by Gasteiger charge is 2.29. The lowest BCUT2D eigenvalue weighted by molar-refractivity contribution is 0.383. The number of hydrogen-bond donors (Lipinski definition) is 0. The molecule has 0 saturated carbocycles. The van der Waals surface area contributed by atoms with Crippen LogP contribution in [0.2, 0.25) is 0 Å². The maximum Gasteiger partial charge on any atom is 0.243 e. The molecule has 2 aliphatic heterocycles. The molecule has 2 fully saturated rings. The van der Waals surface area contributed by atoms with Crippen LogP contribution in [0, 0.1) is 13.8 Å². The average Bonchev–Trinajstić information content (AvgIpc) is 3.51. The van der Waals surface area contributed by atoms with E-state index in [0.29, 0.717) is 37.8 Å². The molecule has 2 aromatic heterocycles. The van der Waals surface area contributed by atoms with Gasteiger partial charge in [-0.2, -0.15) is 9.29 Å². The lowest BCUT2D eigenvalue weighted by Crippen LogP contribution is -2.49. The molecule has 4 heterocycles. The maximum absolute atomic E-state index is 13.2. The number of aromatic nitrogens is 3. The van der Waals surface area contributed by atoms with E-state index in [4.69, 9.17) is 9.40 Å². The van der Waals surface area contributed by atoms with Crippen molar-refractivity contribution < 1.29 is 12.8 Å². The number of piperazine rings is 1. The minimum absolute atomic E-state index is 0.286. The summed E-state index contributed by atoms with van der Waals surface area (Å²) < 4.78 is 33.2. The molecule has 0 aliphatic carbocycles. The first-order valence-electron chi connectivity index (χ1n) is 11.3. The third-order valence-corrected chi connectivity index (χ3v) is 8.10. The van der Waals surface area contributed by atoms with E-state index in [1.807, 2.05) is 13.0 Å². The summed E-state index contributed by atoms with van der Waals surface area (Å²) in [5, 5.41) is 0. The molecule has 174 valence electrons. The minimum atomic E-state index is -3.57. The largest absolute Gasteiger partial charge is 0.449 e. The molecule has 33 heavy (non-hydrogen) atoms. The van der Waals surface area contributed by atoms with Gasteiger partial charge in [0.05, 0.1) is 4.90 Å². The Morgan fingerprint density at radius 1 is 0.848 bits per heavy atom. The number of nitrogens with zero attached hydrogens (tertiary/aromatic N) is 6. The van der Waals surface area contributed by atoms with Gasteiger partial charge in [0.2, 0.25) is 16.0 Å². The van der Waals surface area contributed by atoms with Crippen molar-refractivity contribution >= 4 is 21.8 Å². The Morgan fingerprint density at radius 2 is 1.55 bits per heavy atom. The fraction of sp³-hybridized carbons (Fsp3) is 0.435. The summed E-state index contributed by atoms with van der Waals surface area (Å²) in [5.41, 5.74) is 2.45. The van der Waals surface area contributed by atoms with Gasteiger partial charge in [0.25, 0.3) is 0 Å². The third-order valence-electron chi connectivity index (χ3n) is 6.19. The second-order valence-corrected chi connectivity index (χ2v) is 10.5. The number of benzene rings is 1. The van der Waals surface area contributed by atoms with Gasteiger partial charge in [-0.1, -0.05) is 12.1 Å². The highest BCUT2D eigenvalue weighted by Crippen LogP contribution is 2.25. The van der Waals surface area contributed by atoms with E-state index in [9.17, 15) is 8.42 Å². The van der Waals surface area contributed by atoms with Crippen molar-refractivity contribution in [3.05, 3.63) is 48.2 Å². The summed E-state index contributed by atoms with van der Waals surface area (Å²) in [7, 11) is -3.57. The molecule has 0 atom stereocenters. The Hall–Kier alpha value is -2.98. The van der Waals surface area contributed by atoms with Gasteiger partial charge in [-0.25, -0.2) is 18.4 Å². The molecule has 0 amide bonds. The van der Waals surface area contributed by atoms with Crippen LogP contribution >= 0.6 is 0 Å². The summed E-state index contributed by atoms with van der Waals surface area (Å²) in [5.74, 6) is 2.22. The molecule has 5 rings (SSSR count). The Balaban J connectivity index is 1.28. The lowest BCUT2D eigenvalue weighted by atomic mass is 10.2. The first-order valence-corrected chi connectivity index (χ1v) is 12.7. The van der Waals surface area contributed by atoms with E-state index in [-0.39, 0.29) is 4.90 Å². The number of sulfonamides is 1. The molecule has 2 saturated heterocycles. The summed E-state index contributed by atoms with van der Waals surface area (Å²) in [6, 6.07) is 8.79. The van der Waals surface area contributed by atoms with Gasteiger partial charge in [-0.05, 0) is 31.9 Å². The Labute approximate surface area is 194 Å². The molecule has 0 radical (unpaired) electrons. The molecule has 2 aliphatic rings. The van der Waals surface area contributed by atoms with E-state index in [1.54, 1.807) is 41.8 Å². The zero-order chi connectivity index (χ0) is 23.0. The van der Waals surface area contributed by atoms with E-state index < -0.39 is 10.0 Å². The van der Waals surface area contributed by atoms with Gasteiger partial charge in [0, 0.05) is 63.5 Å². The molecular weight excluding hydrogens is 440 g/mol. The number of oxazole rings is 1. The van der Waals surface area contributed by atoms with Crippen molar-refractivity contribution in [3.63, 3.8) is 0 Å². The van der Waals surface area contributed by atoms with Gasteiger partial charge in [-0.15, -0.1) is 0 Å². The summed E-state index contributed by atoms with van der Waals surface area (Å²) in [6.45, 7) is 7.74. The van der Waals surface area contributed by atoms with E-state index in [2.05, 4.69) is 19.8 Å². The highest BCUT2D eigenvalue weighted by molar-refractivity contribution is 7.89. The van der Waals surface area contributed by atoms with Gasteiger partial charge >= 0.3 is 0 Å². The van der Waals surface area contributed by atoms with Crippen molar-refractivity contribution in [2.45, 2.75) is 31.6 Å². The van der Waals surface area contributed by atoms with Crippen LogP contribution in [0.15, 0.2) is 45.9 Å². The second kappa shape index (κ2) is 8.75. The van der Waals surface area contributed by atoms with Crippen molar-refractivity contribution in [1.29, 1.82) is 0 Å². The third kappa shape index (κ3) is 4.45. The molecule has 0 N–H and O–H groups in total. The van der Waals surface area contributed by atoms with Crippen LogP contribution in [0.4, 0.5) is 11.8 Å². The smallest absolute Gasteiger partial charge is 0.243 e. The second-order valence-electron chi connectivity index (χ2n) is 8.53. The van der Waals surface area contributed by atoms with Gasteiger partial charge in [0.1, 0.15) is 17.8 Å². The van der Waals surface area contributed by atoms with Crippen LogP contribution in [0.25, 0.3) is 11.3 Å². The Bertz CT molecular complexity index is 1230. The van der Waals surface area contributed by atoms with E-state index in [0.717, 1.165) is 36.1 Å². The van der Waals surface area contributed by atoms with Gasteiger partial charge in [-0.3, -0.25) is 0 Å². The zero-order valence-electron chi connectivity index (χ0n) is 18.9. The van der Waals surface area contributed by atoms with Crippen LogP contribution < -0.4 is 9.80 Å². The monoisotopic (exact) mass is 468 g/mol. The van der Waals surface area contributed by atoms with Gasteiger partial charge < -0.3 is 14.2 Å². The summed E-state index contributed by atoms with van der Waals surface area (Å²) in [6.07, 6.45) is 3.91. The number of anilines is 2. The Kier molecular flexibility index (Phi) is 5.79. The summed E-state index contributed by atoms with van der Waals surface area (Å²) in [4.78, 5) is 18.3. The zero-order valence-corrected chi connectivity index (χ0v) is 19.8. The highest BCUT2D eigenvalue weighted by atomic mass is 32.2. The SMILES string of the molecule is Cc1cc(N2CCN(S(=O)(=O)c3ccc(-c4coc(C)n4)cc3)CC2)nc(N2CCCC2)n1. The topological polar surface area (TPSA) is 95.7 Å². The first kappa shape index (κ1) is 21.8. The van der Waals surface area contributed by atoms with Gasteiger partial charge in [0.15, 0.2) is 5.89 Å². The molecule has 0 unspecified atom stereocenters. The van der Waals surface area contributed by atoms with Crippen molar-refractivity contribution in [3.8, 4) is 11.3 Å². The molecular formula is C23H28N6O3S. The molecule has 3 aromatic rings. The molecule has 0 bridgehead atoms. The fourth-order valence-corrected chi connectivity index (χ4v) is 5.78. The Morgan fingerprint density at radius 3 is 2.18 bits per heavy atom. The molecule has 0 spiro atoms. The predicted molar refractivity (Wildman–Crippen MR) is 126 cm³/mol. The van der Waals surface area contributed by atoms with Crippen LogP contribution in [0.1, 0.15) is 24.4 Å². The number of hydrogen-bond acceptors (Lipinski definition) is 8. The van der Waals surface area contributed by atoms with Crippen LogP contribution in [0.3, 0.4) is 0 Å². The van der Waals surface area contributed by atoms with Crippen molar-refractivity contribution in [2.24, 2.45) is 0 Å². The normalized spacial score (nSPS) is 17.6. The van der Waals surface area contributed by atoms with Crippen LogP contribution in [-0.4, -0.2) is 66.9 Å². The van der Waals surface area contributed by atoms with Crippen molar-refractivity contribution in [2.75, 3.05) is 49.1 Å². The quantitative estimate of drug-likeness (QED) is 0.564.